The van der Waals surface area contributed by atoms with Crippen LogP contribution < -0.4 is 10.0 Å². The molecular weight excluding hydrogens is 1040 g/mol. The molecule has 12 atom stereocenters. The minimum Gasteiger partial charge on any atom is -0.450 e. The number of carbonyl (C=O) groups is 11. The van der Waals surface area contributed by atoms with E-state index in [1.54, 1.807) is 11.6 Å². The van der Waals surface area contributed by atoms with Crippen LogP contribution in [0.3, 0.4) is 0 Å². The van der Waals surface area contributed by atoms with Gasteiger partial charge in [-0.2, -0.15) is 0 Å². The molecule has 409 valence electrons. The molecule has 1 amide bonds. The maximum Gasteiger partial charge on any atom is 0.347 e. The maximum absolute atomic E-state index is 13.2. The molecule has 0 aliphatic carbocycles. The van der Waals surface area contributed by atoms with E-state index in [1.165, 1.54) is 26.8 Å². The van der Waals surface area contributed by atoms with E-state index < -0.39 is 162 Å². The summed E-state index contributed by atoms with van der Waals surface area (Å²) in [5, 5.41) is 2.22. The molecule has 73 heavy (non-hydrogen) atoms. The van der Waals surface area contributed by atoms with Crippen LogP contribution >= 0.6 is 11.8 Å². The number of rotatable bonds is 25. The summed E-state index contributed by atoms with van der Waals surface area (Å²) < 4.78 is 102. The van der Waals surface area contributed by atoms with Crippen molar-refractivity contribution in [2.75, 3.05) is 6.54 Å². The topological polar surface area (TPSA) is 372 Å². The van der Waals surface area contributed by atoms with E-state index in [9.17, 15) is 69.6 Å². The highest BCUT2D eigenvalue weighted by atomic mass is 32.3. The molecule has 0 saturated heterocycles. The Morgan fingerprint density at radius 1 is 0.562 bits per heavy atom. The van der Waals surface area contributed by atoms with Gasteiger partial charge in [-0.25, -0.2) is 64.7 Å². The molecule has 0 saturated carbocycles. The van der Waals surface area contributed by atoms with Gasteiger partial charge in [0.15, 0.2) is 70.9 Å². The van der Waals surface area contributed by atoms with Crippen molar-refractivity contribution in [1.29, 1.82) is 0 Å². The SMILES string of the molecule is C[CH]C(=O)O[C@@H](C)C(=O)O[C@@H](C)C(=O)O[C@@H](C)C(=O)O[C@@H](C)C(=O)O[C@@H](C)C(=O)O[C@@H](C)C(=O)O[C@@H](C)C(=O)O[C@@H](C)C(=O)O[C@@H](C)C(=O)O[C@@H](C)C(=O)NS(=O)(=O)C1=C[C@H](NCC)C2=C(S1)S(=O)(=O)[C@@H](C)C2. The van der Waals surface area contributed by atoms with Crippen molar-refractivity contribution in [2.45, 2.75) is 169 Å². The van der Waals surface area contributed by atoms with Gasteiger partial charge in [-0.15, -0.1) is 0 Å². The smallest absolute Gasteiger partial charge is 0.347 e. The van der Waals surface area contributed by atoms with Gasteiger partial charge >= 0.3 is 59.7 Å². The largest absolute Gasteiger partial charge is 0.450 e. The number of thioether (sulfide) groups is 1. The summed E-state index contributed by atoms with van der Waals surface area (Å²) in [6.45, 7) is 15.5. The van der Waals surface area contributed by atoms with Crippen molar-refractivity contribution >= 4 is 97.2 Å². The van der Waals surface area contributed by atoms with Crippen LogP contribution in [0.5, 0.6) is 0 Å². The first kappa shape index (κ1) is 63.0. The maximum atomic E-state index is 13.2. The number of sulfonamides is 1. The number of esters is 10. The molecule has 0 aromatic heterocycles. The second kappa shape index (κ2) is 27.2. The highest BCUT2D eigenvalue weighted by molar-refractivity contribution is 8.28. The van der Waals surface area contributed by atoms with Gasteiger partial charge in [-0.1, -0.05) is 25.6 Å². The summed E-state index contributed by atoms with van der Waals surface area (Å²) in [7, 11) is -8.51. The second-order valence-electron chi connectivity index (χ2n) is 16.0. The summed E-state index contributed by atoms with van der Waals surface area (Å²) in [4.78, 5) is 137. The predicted octanol–water partition coefficient (Wildman–Crippen LogP) is -0.0415. The summed E-state index contributed by atoms with van der Waals surface area (Å²) in [5.41, 5.74) is 0.498. The number of nitrogens with one attached hydrogen (secondary N) is 2. The number of carbonyl (C=O) groups excluding carboxylic acids is 11. The Morgan fingerprint density at radius 2 is 0.849 bits per heavy atom. The van der Waals surface area contributed by atoms with Crippen LogP contribution in [-0.4, -0.2) is 161 Å². The molecule has 0 bridgehead atoms. The monoisotopic (exact) mass is 1100 g/mol. The van der Waals surface area contributed by atoms with E-state index in [-0.39, 0.29) is 10.7 Å². The molecule has 0 unspecified atom stereocenters. The lowest BCUT2D eigenvalue weighted by molar-refractivity contribution is -0.189. The standard InChI is InChI=1S/C43H59N2O25S3/c1-14-31(46)61-20(5)34(48)63-22(7)36(50)65-24(9)38(52)67-26(11)40(54)69-28(13)42(56)70-27(12)41(55)68-25(10)39(53)66-23(8)37(51)64-21(6)35(49)62-19(4)33(47)45-73(59,60)32-17-30(44-15-2)29-16-18(3)72(57,58)43(29)71-32/h14,17-28,30,44H,15-16H2,1-13H3,(H,45,47)/t18-,19-,20-,21-,22-,23-,24-,25-,26-,27-,28-,30-/m0/s1. The third-order valence-corrected chi connectivity index (χ3v) is 15.7. The first-order chi connectivity index (χ1) is 33.7. The molecule has 1 radical (unpaired) electrons. The molecule has 0 aromatic rings. The normalized spacial score (nSPS) is 20.0. The number of hydrogen-bond donors (Lipinski definition) is 2. The van der Waals surface area contributed by atoms with Crippen LogP contribution in [0.25, 0.3) is 0 Å². The van der Waals surface area contributed by atoms with Crippen molar-refractivity contribution in [1.82, 2.24) is 10.0 Å². The quantitative estimate of drug-likeness (QED) is 0.0894. The van der Waals surface area contributed by atoms with Gasteiger partial charge in [0.25, 0.3) is 15.9 Å². The van der Waals surface area contributed by atoms with E-state index in [4.69, 9.17) is 47.4 Å². The highest BCUT2D eigenvalue weighted by Gasteiger charge is 2.44. The summed E-state index contributed by atoms with van der Waals surface area (Å²) in [5.74, 6) is -13.6. The molecule has 27 nitrogen and oxygen atoms in total. The van der Waals surface area contributed by atoms with Gasteiger partial charge in [0.1, 0.15) is 8.47 Å². The van der Waals surface area contributed by atoms with Gasteiger partial charge in [-0.3, -0.25) is 9.59 Å². The third kappa shape index (κ3) is 18.1. The lowest BCUT2D eigenvalue weighted by Gasteiger charge is -2.23. The molecule has 2 rings (SSSR count). The fourth-order valence-electron chi connectivity index (χ4n) is 5.58. The second-order valence-corrected chi connectivity index (χ2v) is 21.6. The number of amides is 1. The fourth-order valence-corrected chi connectivity index (χ4v) is 10.7. The molecule has 0 fully saturated rings. The van der Waals surface area contributed by atoms with Gasteiger partial charge in [-0.05, 0) is 101 Å². The number of hydrogen-bond acceptors (Lipinski definition) is 27. The van der Waals surface area contributed by atoms with Crippen LogP contribution in [0.2, 0.25) is 0 Å². The highest BCUT2D eigenvalue weighted by Crippen LogP contribution is 2.48. The Bertz CT molecular complexity index is 2450. The molecular formula is C43H59N2O25S3. The minimum atomic E-state index is -4.68. The Labute approximate surface area is 424 Å². The lowest BCUT2D eigenvalue weighted by atomic mass is 10.0. The summed E-state index contributed by atoms with van der Waals surface area (Å²) in [6, 6.07) is -0.746. The zero-order valence-electron chi connectivity index (χ0n) is 41.9. The Hall–Kier alpha value is -6.14. The predicted molar refractivity (Wildman–Crippen MR) is 246 cm³/mol. The van der Waals surface area contributed by atoms with Gasteiger partial charge in [0.05, 0.1) is 17.7 Å². The fraction of sp³-hybridized carbons (Fsp3) is 0.628. The van der Waals surface area contributed by atoms with Crippen molar-refractivity contribution in [2.24, 2.45) is 0 Å². The number of sulfone groups is 1. The first-order valence-corrected chi connectivity index (χ1v) is 26.0. The average Bonchev–Trinajstić information content (AvgIpc) is 3.54. The first-order valence-electron chi connectivity index (χ1n) is 22.2. The summed E-state index contributed by atoms with van der Waals surface area (Å²) >= 11 is 0.471. The average molecular weight is 1100 g/mol. The third-order valence-electron chi connectivity index (χ3n) is 9.87. The lowest BCUT2D eigenvalue weighted by Crippen LogP contribution is -2.42. The molecule has 30 heteroatoms. The molecule has 0 spiro atoms. The van der Waals surface area contributed by atoms with Gasteiger partial charge < -0.3 is 52.7 Å². The molecule has 2 heterocycles. The zero-order valence-corrected chi connectivity index (χ0v) is 44.4. The van der Waals surface area contributed by atoms with Crippen molar-refractivity contribution in [3.8, 4) is 0 Å². The molecule has 2 N–H and O–H groups in total. The Balaban J connectivity index is 1.82. The van der Waals surface area contributed by atoms with Crippen LogP contribution in [0.4, 0.5) is 0 Å². The van der Waals surface area contributed by atoms with Crippen LogP contribution in [0.15, 0.2) is 20.1 Å². The van der Waals surface area contributed by atoms with E-state index >= 15 is 0 Å². The zero-order chi connectivity index (χ0) is 56.0. The van der Waals surface area contributed by atoms with Gasteiger partial charge in [0.2, 0.25) is 0 Å². The van der Waals surface area contributed by atoms with Crippen molar-refractivity contribution in [3.05, 3.63) is 26.5 Å². The number of likely N-dealkylation sites (N-methyl/N-ethyl adjacent to an activating group) is 1. The van der Waals surface area contributed by atoms with Crippen LogP contribution in [0, 0.1) is 6.42 Å². The Kier molecular flexibility index (Phi) is 23.5. The minimum absolute atomic E-state index is 0.133. The van der Waals surface area contributed by atoms with Gasteiger partial charge in [0, 0.05) is 0 Å². The number of ether oxygens (including phenoxy) is 10. The van der Waals surface area contributed by atoms with Crippen LogP contribution in [-0.2, 0) is 120 Å². The summed E-state index contributed by atoms with van der Waals surface area (Å²) in [6.07, 6.45) is -14.2. The van der Waals surface area contributed by atoms with Crippen LogP contribution in [0.1, 0.15) is 96.4 Å². The van der Waals surface area contributed by atoms with E-state index in [2.05, 4.69) is 5.32 Å². The Morgan fingerprint density at radius 3 is 1.14 bits per heavy atom. The van der Waals surface area contributed by atoms with E-state index in [0.29, 0.717) is 23.9 Å². The van der Waals surface area contributed by atoms with Crippen molar-refractivity contribution in [3.63, 3.8) is 0 Å². The van der Waals surface area contributed by atoms with E-state index in [1.807, 2.05) is 0 Å². The molecule has 2 aliphatic heterocycles. The molecule has 2 aliphatic rings. The van der Waals surface area contributed by atoms with Crippen molar-refractivity contribution < 1.29 is 117 Å². The molecule has 0 aromatic carbocycles. The van der Waals surface area contributed by atoms with E-state index in [0.717, 1.165) is 68.7 Å².